The zero-order valence-electron chi connectivity index (χ0n) is 11.6. The highest BCUT2D eigenvalue weighted by atomic mass is 79.9. The fourth-order valence-electron chi connectivity index (χ4n) is 1.81. The first-order chi connectivity index (χ1) is 8.99. The predicted molar refractivity (Wildman–Crippen MR) is 81.5 cm³/mol. The van der Waals surface area contributed by atoms with Crippen LogP contribution in [0.3, 0.4) is 0 Å². The number of nitrogens with zero attached hydrogens (tertiary/aromatic N) is 1. The summed E-state index contributed by atoms with van der Waals surface area (Å²) >= 11 is 3.36. The Hall–Kier alpha value is -0.710. The third-order valence-corrected chi connectivity index (χ3v) is 3.57. The van der Waals surface area contributed by atoms with E-state index in [9.17, 15) is 9.90 Å². The number of hydrogen-bond acceptors (Lipinski definition) is 3. The van der Waals surface area contributed by atoms with Gasteiger partial charge in [0.2, 0.25) is 0 Å². The molecule has 1 unspecified atom stereocenters. The average molecular weight is 328 g/mol. The highest BCUT2D eigenvalue weighted by Gasteiger charge is 2.07. The van der Waals surface area contributed by atoms with Gasteiger partial charge in [-0.1, -0.05) is 28.1 Å². The van der Waals surface area contributed by atoms with Crippen LogP contribution in [0.15, 0.2) is 28.7 Å². The number of Topliss-reactive ketones (excluding diaryl/α,β-unsaturated/α-hetero) is 1. The number of rotatable bonds is 8. The highest BCUT2D eigenvalue weighted by molar-refractivity contribution is 9.10. The van der Waals surface area contributed by atoms with Crippen LogP contribution >= 0.6 is 15.9 Å². The molecule has 0 bridgehead atoms. The Morgan fingerprint density at radius 3 is 2.53 bits per heavy atom. The second-order valence-electron chi connectivity index (χ2n) is 4.97. The van der Waals surface area contributed by atoms with Gasteiger partial charge in [-0.15, -0.1) is 0 Å². The minimum atomic E-state index is -0.258. The van der Waals surface area contributed by atoms with Gasteiger partial charge in [-0.3, -0.25) is 4.79 Å². The molecule has 0 heterocycles. The fraction of sp³-hybridized carbons (Fsp3) is 0.533. The first-order valence-corrected chi connectivity index (χ1v) is 7.43. The van der Waals surface area contributed by atoms with Gasteiger partial charge in [0.25, 0.3) is 0 Å². The van der Waals surface area contributed by atoms with Crippen molar-refractivity contribution in [2.45, 2.75) is 32.3 Å². The van der Waals surface area contributed by atoms with Gasteiger partial charge >= 0.3 is 0 Å². The quantitative estimate of drug-likeness (QED) is 0.746. The fourth-order valence-corrected chi connectivity index (χ4v) is 2.07. The number of aliphatic hydroxyl groups is 1. The molecule has 0 radical (unpaired) electrons. The standard InChI is InChI=1S/C15H22BrNO2/c1-12(18)9-11-17(2)10-3-4-15(19)13-5-7-14(16)8-6-13/h5-8,12,18H,3-4,9-11H2,1-2H3. The maximum Gasteiger partial charge on any atom is 0.162 e. The maximum absolute atomic E-state index is 11.9. The van der Waals surface area contributed by atoms with E-state index in [1.807, 2.05) is 31.3 Å². The van der Waals surface area contributed by atoms with Crippen LogP contribution in [0.2, 0.25) is 0 Å². The lowest BCUT2D eigenvalue weighted by atomic mass is 10.1. The zero-order chi connectivity index (χ0) is 14.3. The largest absolute Gasteiger partial charge is 0.393 e. The van der Waals surface area contributed by atoms with Gasteiger partial charge < -0.3 is 10.0 Å². The van der Waals surface area contributed by atoms with E-state index in [0.717, 1.165) is 36.0 Å². The van der Waals surface area contributed by atoms with Crippen LogP contribution in [0.25, 0.3) is 0 Å². The Bertz CT molecular complexity index is 390. The summed E-state index contributed by atoms with van der Waals surface area (Å²) in [6, 6.07) is 7.48. The van der Waals surface area contributed by atoms with Crippen molar-refractivity contribution in [3.63, 3.8) is 0 Å². The summed E-state index contributed by atoms with van der Waals surface area (Å²) in [6.45, 7) is 3.55. The van der Waals surface area contributed by atoms with Crippen molar-refractivity contribution in [1.82, 2.24) is 4.90 Å². The highest BCUT2D eigenvalue weighted by Crippen LogP contribution is 2.12. The van der Waals surface area contributed by atoms with Crippen LogP contribution in [0.1, 0.15) is 36.5 Å². The first-order valence-electron chi connectivity index (χ1n) is 6.64. The molecule has 0 saturated carbocycles. The van der Waals surface area contributed by atoms with Crippen molar-refractivity contribution in [3.05, 3.63) is 34.3 Å². The third kappa shape index (κ3) is 6.85. The van der Waals surface area contributed by atoms with E-state index in [4.69, 9.17) is 0 Å². The van der Waals surface area contributed by atoms with Crippen LogP contribution in [-0.4, -0.2) is 42.0 Å². The van der Waals surface area contributed by atoms with Gasteiger partial charge in [-0.2, -0.15) is 0 Å². The molecular weight excluding hydrogens is 306 g/mol. The second-order valence-corrected chi connectivity index (χ2v) is 5.89. The van der Waals surface area contributed by atoms with Crippen LogP contribution < -0.4 is 0 Å². The molecule has 4 heteroatoms. The van der Waals surface area contributed by atoms with Crippen LogP contribution in [-0.2, 0) is 0 Å². The Labute approximate surface area is 123 Å². The molecule has 0 amide bonds. The van der Waals surface area contributed by atoms with Crippen molar-refractivity contribution in [2.75, 3.05) is 20.1 Å². The minimum Gasteiger partial charge on any atom is -0.393 e. The number of benzene rings is 1. The molecule has 19 heavy (non-hydrogen) atoms. The van der Waals surface area contributed by atoms with Crippen LogP contribution in [0, 0.1) is 0 Å². The van der Waals surface area contributed by atoms with Gasteiger partial charge in [0.05, 0.1) is 6.10 Å². The second kappa shape index (κ2) is 8.46. The maximum atomic E-state index is 11.9. The van der Waals surface area contributed by atoms with Gasteiger partial charge in [0.1, 0.15) is 0 Å². The Morgan fingerprint density at radius 2 is 1.95 bits per heavy atom. The molecule has 1 aromatic rings. The Morgan fingerprint density at radius 1 is 1.32 bits per heavy atom. The van der Waals surface area contributed by atoms with Crippen molar-refractivity contribution >= 4 is 21.7 Å². The molecular formula is C15H22BrNO2. The lowest BCUT2D eigenvalue weighted by molar-refractivity contribution is 0.0974. The van der Waals surface area contributed by atoms with Crippen LogP contribution in [0.4, 0.5) is 0 Å². The summed E-state index contributed by atoms with van der Waals surface area (Å²) in [5.41, 5.74) is 0.773. The molecule has 1 rings (SSSR count). The third-order valence-electron chi connectivity index (χ3n) is 3.04. The van der Waals surface area contributed by atoms with Crippen molar-refractivity contribution in [1.29, 1.82) is 0 Å². The van der Waals surface area contributed by atoms with Gasteiger partial charge in [-0.25, -0.2) is 0 Å². The minimum absolute atomic E-state index is 0.191. The first kappa shape index (κ1) is 16.3. The summed E-state index contributed by atoms with van der Waals surface area (Å²) < 4.78 is 0.988. The Kier molecular flexibility index (Phi) is 7.28. The van der Waals surface area contributed by atoms with E-state index in [2.05, 4.69) is 20.8 Å². The summed E-state index contributed by atoms with van der Waals surface area (Å²) in [5, 5.41) is 9.20. The topological polar surface area (TPSA) is 40.5 Å². The molecule has 1 N–H and O–H groups in total. The predicted octanol–water partition coefficient (Wildman–Crippen LogP) is 3.11. The molecule has 106 valence electrons. The van der Waals surface area contributed by atoms with Gasteiger partial charge in [-0.05, 0) is 45.5 Å². The number of ketones is 1. The number of halogens is 1. The average Bonchev–Trinajstić information content (AvgIpc) is 2.37. The van der Waals surface area contributed by atoms with E-state index in [1.165, 1.54) is 0 Å². The van der Waals surface area contributed by atoms with E-state index < -0.39 is 0 Å². The normalized spacial score (nSPS) is 12.7. The van der Waals surface area contributed by atoms with Gasteiger partial charge in [0.15, 0.2) is 5.78 Å². The SMILES string of the molecule is CC(O)CCN(C)CCCC(=O)c1ccc(Br)cc1. The molecule has 0 aliphatic rings. The summed E-state index contributed by atoms with van der Waals surface area (Å²) in [7, 11) is 2.02. The number of carbonyl (C=O) groups is 1. The molecule has 0 aromatic heterocycles. The molecule has 0 saturated heterocycles. The number of carbonyl (C=O) groups excluding carboxylic acids is 1. The zero-order valence-corrected chi connectivity index (χ0v) is 13.2. The monoisotopic (exact) mass is 327 g/mol. The smallest absolute Gasteiger partial charge is 0.162 e. The van der Waals surface area contributed by atoms with E-state index in [1.54, 1.807) is 6.92 Å². The van der Waals surface area contributed by atoms with E-state index >= 15 is 0 Å². The number of hydrogen-bond donors (Lipinski definition) is 1. The van der Waals surface area contributed by atoms with Gasteiger partial charge in [0, 0.05) is 23.0 Å². The van der Waals surface area contributed by atoms with Crippen molar-refractivity contribution in [2.24, 2.45) is 0 Å². The molecule has 3 nitrogen and oxygen atoms in total. The van der Waals surface area contributed by atoms with E-state index in [0.29, 0.717) is 6.42 Å². The lowest BCUT2D eigenvalue weighted by Crippen LogP contribution is -2.24. The number of aliphatic hydroxyl groups excluding tert-OH is 1. The Balaban J connectivity index is 2.25. The molecule has 0 spiro atoms. The molecule has 1 atom stereocenters. The lowest BCUT2D eigenvalue weighted by Gasteiger charge is -2.17. The summed E-state index contributed by atoms with van der Waals surface area (Å²) in [6.07, 6.45) is 1.94. The van der Waals surface area contributed by atoms with Crippen molar-refractivity contribution in [3.8, 4) is 0 Å². The molecule has 0 aliphatic carbocycles. The molecule has 1 aromatic carbocycles. The summed E-state index contributed by atoms with van der Waals surface area (Å²) in [5.74, 6) is 0.191. The van der Waals surface area contributed by atoms with E-state index in [-0.39, 0.29) is 11.9 Å². The molecule has 0 aliphatic heterocycles. The molecule has 0 fully saturated rings. The van der Waals surface area contributed by atoms with Crippen LogP contribution in [0.5, 0.6) is 0 Å². The van der Waals surface area contributed by atoms with Crippen molar-refractivity contribution < 1.29 is 9.90 Å². The summed E-state index contributed by atoms with van der Waals surface area (Å²) in [4.78, 5) is 14.1.